The largest absolute Gasteiger partial charge is 0.748 e. The van der Waals surface area contributed by atoms with Gasteiger partial charge in [-0.1, -0.05) is 115 Å². The summed E-state index contributed by atoms with van der Waals surface area (Å²) >= 11 is 0. The molecule has 0 spiro atoms. The standard InChI is InChI=1S/C11H18F2O3S.C10H14F2O4S.C10H16O4S.2C9H14F2O3S.C8H10F2O3S.C7H6O2.C6H6O3S.C4HF9O3S.C2HF3O2.CHF3O3S/c1-9(2)8-3-5-10(9,6-4-8)7-11(12,13)17(14,15)16;1-8(2)6-3-4-9(8,7(13)5-6)10(11,12)17(14,15)16;1-9(2)7-3-4-10(9,8(11)5-7)6-15(12,13)14;2*10-9(11,15(12,13)14)5-8-4-6-1-2-7(8)3-6;9-8(10,14(11,12)13)7-4-5-1-2-6(7)3-5;8-7(9)6-4-2-1-3-5-6;7-10(8,9)6-4-2-1-3-5-6;5-1(6,3(9,10)11)2(7,8)4(12,13)17(14,15)16;3-2(4,5)1(6)7;2-1(3,4)8(5,6)7/h8H,3-7H2,1-2H3,(H,14,15,16);6H,3-5H2,1-2H3,(H,14,15,16);7H,3-6H2,1-2H3,(H,12,13,14);2*6-8H,1-5H2,(H,12,13,14);1-2,5-7H,3-4H2,(H,11,12,13);1-5H,(H,8,9);1-5H,(H,7,8,9);(H,14,15,16);(H,6,7);(H,5,6,7)/p-11. The van der Waals surface area contributed by atoms with Crippen molar-refractivity contribution in [3.05, 3.63) is 78.4 Å². The van der Waals surface area contributed by atoms with Gasteiger partial charge in [-0.25, -0.2) is 75.8 Å². The number of carbonyl (C=O) groups is 4. The van der Waals surface area contributed by atoms with Crippen molar-refractivity contribution >= 4 is 115 Å². The highest BCUT2D eigenvalue weighted by Crippen LogP contribution is 2.72. The molecule has 12 bridgehead atoms. The molecule has 0 radical (unpaired) electrons. The lowest BCUT2D eigenvalue weighted by Gasteiger charge is -2.42. The number of ketones is 2. The Morgan fingerprint density at radius 1 is 0.396 bits per heavy atom. The van der Waals surface area contributed by atoms with Crippen LogP contribution in [-0.4, -0.2) is 207 Å². The van der Waals surface area contributed by atoms with E-state index in [1.54, 1.807) is 30.3 Å². The number of hydrogen-bond donors (Lipinski definition) is 0. The third-order valence-electron chi connectivity index (χ3n) is 29.0. The van der Waals surface area contributed by atoms with Gasteiger partial charge in [0.05, 0.1) is 26.7 Å². The fourth-order valence-electron chi connectivity index (χ4n) is 20.9. The van der Waals surface area contributed by atoms with Gasteiger partial charge in [0.25, 0.3) is 0 Å². The maximum atomic E-state index is 13.9. The topological polar surface area (TPSA) is 629 Å². The average Bonchev–Trinajstić information content (AvgIpc) is 1.51. The van der Waals surface area contributed by atoms with Gasteiger partial charge in [0.1, 0.15) is 33.1 Å². The summed E-state index contributed by atoms with van der Waals surface area (Å²) in [5.74, 6) is -20.8. The van der Waals surface area contributed by atoms with Gasteiger partial charge in [0.15, 0.2) is 70.8 Å². The average molecular weight is 2310 g/mol. The second-order valence-corrected chi connectivity index (χ2v) is 50.9. The van der Waals surface area contributed by atoms with Crippen LogP contribution in [0.3, 0.4) is 0 Å². The van der Waals surface area contributed by atoms with Crippen LogP contribution in [0.1, 0.15) is 200 Å². The number of aromatic carboxylic acids is 1. The SMILES string of the molecule is CC1(C)C2CCC1(C(F)(F)S(=O)(=O)[O-])C(=O)C2.CC1(C)C2CCC1(CC(F)(F)S(=O)(=O)[O-])CC2.CC1(C)C2CCC1(CS(=O)(=O)[O-])C(=O)C2.O=C([O-])C(F)(F)F.O=C([O-])c1ccccc1.O=S(=O)([O-])C(F)(F)C(F)(F)C(F)(F)C(F)(F)F.O=S(=O)([O-])C(F)(F)C1CC2C=CC1C2.O=S(=O)([O-])C(F)(F)CC1CC2CCC1C2.O=S(=O)([O-])C(F)(F)CC1CC2CCC1C2.O=S(=O)([O-])C(F)(F)F.O=S(=O)([O-])c1ccccc1. The van der Waals surface area contributed by atoms with Gasteiger partial charge in [-0.2, -0.15) is 110 Å². The molecule has 144 heavy (non-hydrogen) atoms. The van der Waals surface area contributed by atoms with E-state index in [1.807, 2.05) is 33.8 Å². The number of hydrogen-bond acceptors (Lipinski definition) is 33. The number of benzene rings is 2. The number of halogens is 25. The van der Waals surface area contributed by atoms with E-state index in [4.69, 9.17) is 22.9 Å². The number of allylic oxidation sites excluding steroid dienone is 2. The molecular weight excluding hydrogens is 2220 g/mol. The Kier molecular flexibility index (Phi) is 39.7. The normalized spacial score (nSPS) is 28.3. The van der Waals surface area contributed by atoms with Crippen LogP contribution in [0.2, 0.25) is 0 Å². The first-order chi connectivity index (χ1) is 63.7. The van der Waals surface area contributed by atoms with E-state index < -0.39 is 229 Å². The fourth-order valence-corrected chi connectivity index (χ4v) is 26.0. The van der Waals surface area contributed by atoms with Gasteiger partial charge in [-0.15, -0.1) is 0 Å². The van der Waals surface area contributed by atoms with Gasteiger partial charge in [-0.05, 0) is 207 Å². The molecule has 14 rings (SSSR count). The van der Waals surface area contributed by atoms with E-state index >= 15 is 0 Å². The molecule has 0 amide bonds. The highest BCUT2D eigenvalue weighted by Gasteiger charge is 2.84. The van der Waals surface area contributed by atoms with Crippen LogP contribution in [0.25, 0.3) is 0 Å². The number of Topliss-reactive ketones (excluding diaryl/α,β-unsaturated/α-hetero) is 2. The van der Waals surface area contributed by atoms with E-state index in [1.165, 1.54) is 50.2 Å². The lowest BCUT2D eigenvalue weighted by Crippen LogP contribution is -2.63. The van der Waals surface area contributed by atoms with Crippen molar-refractivity contribution in [3.63, 3.8) is 0 Å². The molecule has 0 aliphatic heterocycles. The van der Waals surface area contributed by atoms with Crippen molar-refractivity contribution in [2.24, 2.45) is 104 Å². The molecule has 0 saturated heterocycles. The smallest absolute Gasteiger partial charge is 0.485 e. The molecule has 13 unspecified atom stereocenters. The summed E-state index contributed by atoms with van der Waals surface area (Å²) in [6.45, 7) is 10.6. The molecule has 67 heteroatoms. The van der Waals surface area contributed by atoms with Crippen LogP contribution in [0, 0.1) is 104 Å². The Labute approximate surface area is 809 Å². The predicted octanol–water partition coefficient (Wildman–Crippen LogP) is 12.4. The van der Waals surface area contributed by atoms with Crippen LogP contribution in [0.4, 0.5) is 110 Å². The Bertz CT molecular complexity index is 5960. The zero-order chi connectivity index (χ0) is 113. The predicted molar refractivity (Wildman–Crippen MR) is 426 cm³/mol. The Morgan fingerprint density at radius 3 is 1.01 bits per heavy atom. The van der Waals surface area contributed by atoms with Crippen LogP contribution in [0.5, 0.6) is 0 Å². The van der Waals surface area contributed by atoms with Crippen molar-refractivity contribution in [2.45, 2.75) is 255 Å². The number of alkyl halides is 25. The monoisotopic (exact) mass is 2310 g/mol. The molecule has 836 valence electrons. The first kappa shape index (κ1) is 130. The zero-order valence-corrected chi connectivity index (χ0v) is 82.3. The Hall–Kier alpha value is -6.10. The summed E-state index contributed by atoms with van der Waals surface area (Å²) in [4.78, 5) is 42.3. The highest BCUT2D eigenvalue weighted by molar-refractivity contribution is 7.88. The molecular formula is C77H90F25O33S9-11. The van der Waals surface area contributed by atoms with E-state index in [0.717, 1.165) is 57.8 Å². The minimum absolute atomic E-state index is 0.0248. The molecule has 13 atom stereocenters. The minimum Gasteiger partial charge on any atom is -0.748 e. The number of rotatable bonds is 20. The Balaban J connectivity index is 0.000000333. The van der Waals surface area contributed by atoms with Gasteiger partial charge in [0, 0.05) is 43.4 Å². The van der Waals surface area contributed by atoms with E-state index in [-0.39, 0.29) is 87.8 Å². The fraction of sp³-hybridized carbons (Fsp3) is 0.766. The maximum Gasteiger partial charge on any atom is 0.485 e. The van der Waals surface area contributed by atoms with E-state index in [2.05, 4.69) is 0 Å². The summed E-state index contributed by atoms with van der Waals surface area (Å²) in [5, 5.41) is -9.17. The third-order valence-corrected chi connectivity index (χ3v) is 36.8. The van der Waals surface area contributed by atoms with E-state index in [0.29, 0.717) is 69.1 Å². The van der Waals surface area contributed by atoms with Gasteiger partial charge in [0.2, 0.25) is 0 Å². The van der Waals surface area contributed by atoms with Gasteiger partial charge in [-0.3, -0.25) is 9.59 Å². The van der Waals surface area contributed by atoms with Crippen molar-refractivity contribution in [3.8, 4) is 0 Å². The van der Waals surface area contributed by atoms with Gasteiger partial charge >= 0.3 is 61.2 Å². The summed E-state index contributed by atoms with van der Waals surface area (Å²) in [5.41, 5.74) is -11.1. The molecule has 0 aromatic heterocycles. The summed E-state index contributed by atoms with van der Waals surface area (Å²) in [7, 11) is -50.0. The quantitative estimate of drug-likeness (QED) is 0.0514. The minimum atomic E-state index is -7.43. The van der Waals surface area contributed by atoms with E-state index in [9.17, 15) is 233 Å². The third kappa shape index (κ3) is 28.8. The van der Waals surface area contributed by atoms with Crippen LogP contribution in [0.15, 0.2) is 77.7 Å². The lowest BCUT2D eigenvalue weighted by atomic mass is 9.67. The summed E-state index contributed by atoms with van der Waals surface area (Å²) < 4.78 is 580. The molecule has 0 heterocycles. The van der Waals surface area contributed by atoms with Gasteiger partial charge < -0.3 is 60.8 Å². The number of carbonyl (C=O) groups excluding carboxylic acids is 4. The molecule has 12 aliphatic rings. The number of fused-ring (bicyclic) bond motifs is 12. The first-order valence-electron chi connectivity index (χ1n) is 41.8. The molecule has 2 aromatic rings. The second-order valence-electron chi connectivity index (χ2n) is 38.0. The number of carboxylic acids is 2. The second kappa shape index (κ2) is 43.9. The van der Waals surface area contributed by atoms with Crippen LogP contribution >= 0.6 is 0 Å². The molecule has 11 fully saturated rings. The highest BCUT2D eigenvalue weighted by atomic mass is 32.3. The van der Waals surface area contributed by atoms with Crippen LogP contribution in [-0.2, 0) is 105 Å². The van der Waals surface area contributed by atoms with Crippen molar-refractivity contribution < 1.29 is 256 Å². The molecule has 11 saturated carbocycles. The summed E-state index contributed by atoms with van der Waals surface area (Å²) in [6, 6.07) is 15.3. The first-order valence-corrected chi connectivity index (χ1v) is 54.6. The molecule has 33 nitrogen and oxygen atoms in total. The Morgan fingerprint density at radius 2 is 0.778 bits per heavy atom. The van der Waals surface area contributed by atoms with Crippen molar-refractivity contribution in [1.82, 2.24) is 0 Å². The van der Waals surface area contributed by atoms with Crippen molar-refractivity contribution in [2.75, 3.05) is 5.75 Å². The summed E-state index contributed by atoms with van der Waals surface area (Å²) in [6.07, 6.45) is 1.38. The number of carboxylic acid groups (broad SMARTS) is 2. The molecule has 0 N–H and O–H groups in total. The number of aliphatic carboxylic acids is 1. The molecule has 12 aliphatic carbocycles. The van der Waals surface area contributed by atoms with Crippen molar-refractivity contribution in [1.29, 1.82) is 0 Å². The molecule has 2 aromatic carbocycles. The maximum absolute atomic E-state index is 13.9. The zero-order valence-electron chi connectivity index (χ0n) is 74.9. The van der Waals surface area contributed by atoms with Crippen LogP contribution < -0.4 is 10.2 Å². The lowest BCUT2D eigenvalue weighted by molar-refractivity contribution is -0.382.